The molecule has 1 amide bonds. The number of hydrogen-bond acceptors (Lipinski definition) is 7. The van der Waals surface area contributed by atoms with Crippen LogP contribution < -0.4 is 14.2 Å². The Balaban J connectivity index is 1.48. The number of carbonyl (C=O) groups is 1. The number of methoxy groups -OCH3 is 1. The van der Waals surface area contributed by atoms with Crippen LogP contribution in [0.1, 0.15) is 11.1 Å². The van der Waals surface area contributed by atoms with Crippen molar-refractivity contribution in [2.45, 2.75) is 11.8 Å². The fourth-order valence-electron chi connectivity index (χ4n) is 3.19. The molecule has 0 aliphatic rings. The van der Waals surface area contributed by atoms with Crippen LogP contribution in [0.3, 0.4) is 0 Å². The van der Waals surface area contributed by atoms with E-state index in [9.17, 15) is 13.2 Å². The lowest BCUT2D eigenvalue weighted by Crippen LogP contribution is -2.11. The molecule has 0 unspecified atom stereocenters. The maximum absolute atomic E-state index is 12.6. The van der Waals surface area contributed by atoms with Crippen molar-refractivity contribution >= 4 is 27.8 Å². The first-order valence-corrected chi connectivity index (χ1v) is 11.9. The lowest BCUT2D eigenvalue weighted by Gasteiger charge is -2.11. The molecule has 178 valence electrons. The third-order valence-electron chi connectivity index (χ3n) is 4.95. The van der Waals surface area contributed by atoms with E-state index in [2.05, 4.69) is 15.4 Å². The fraction of sp³-hybridized carbons (Fsp3) is 0.0800. The maximum atomic E-state index is 12.6. The molecule has 0 atom stereocenters. The van der Waals surface area contributed by atoms with Crippen molar-refractivity contribution < 1.29 is 22.1 Å². The van der Waals surface area contributed by atoms with Crippen molar-refractivity contribution in [3.63, 3.8) is 0 Å². The van der Waals surface area contributed by atoms with Crippen LogP contribution in [0.15, 0.2) is 90.4 Å². The largest absolute Gasteiger partial charge is 0.493 e. The maximum Gasteiger partial charge on any atom is 0.339 e. The van der Waals surface area contributed by atoms with E-state index < -0.39 is 10.1 Å². The molecule has 10 heteroatoms. The smallest absolute Gasteiger partial charge is 0.339 e. The summed E-state index contributed by atoms with van der Waals surface area (Å²) in [5.74, 6) is -0.116. The van der Waals surface area contributed by atoms with Gasteiger partial charge >= 0.3 is 10.1 Å². The predicted molar refractivity (Wildman–Crippen MR) is 131 cm³/mol. The Morgan fingerprint density at radius 1 is 1.03 bits per heavy atom. The van der Waals surface area contributed by atoms with Gasteiger partial charge in [-0.3, -0.25) is 4.79 Å². The summed E-state index contributed by atoms with van der Waals surface area (Å²) in [7, 11) is -2.63. The van der Waals surface area contributed by atoms with Gasteiger partial charge in [0.05, 0.1) is 18.5 Å². The van der Waals surface area contributed by atoms with E-state index >= 15 is 0 Å². The Bertz CT molecular complexity index is 1460. The number of nitrogens with zero attached hydrogens (tertiary/aromatic N) is 3. The van der Waals surface area contributed by atoms with E-state index in [0.29, 0.717) is 16.9 Å². The third-order valence-corrected chi connectivity index (χ3v) is 6.20. The van der Waals surface area contributed by atoms with Crippen LogP contribution in [0, 0.1) is 6.92 Å². The molecule has 0 saturated carbocycles. The van der Waals surface area contributed by atoms with Crippen molar-refractivity contribution in [2.24, 2.45) is 0 Å². The number of para-hydroxylation sites is 2. The Hall–Kier alpha value is -4.44. The number of anilines is 1. The zero-order valence-corrected chi connectivity index (χ0v) is 19.8. The van der Waals surface area contributed by atoms with Crippen molar-refractivity contribution in [2.75, 3.05) is 12.4 Å². The minimum absolute atomic E-state index is 0.0384. The number of carbonyl (C=O) groups excluding carboxylic acids is 1. The first-order chi connectivity index (χ1) is 16.9. The molecule has 0 fully saturated rings. The summed E-state index contributed by atoms with van der Waals surface area (Å²) < 4.78 is 37.4. The van der Waals surface area contributed by atoms with Gasteiger partial charge in [0.15, 0.2) is 11.5 Å². The van der Waals surface area contributed by atoms with Crippen LogP contribution in [0.4, 0.5) is 5.69 Å². The van der Waals surface area contributed by atoms with Gasteiger partial charge in [-0.15, -0.1) is 0 Å². The molecule has 3 aromatic carbocycles. The number of nitrogens with one attached hydrogen (secondary N) is 1. The Morgan fingerprint density at radius 3 is 2.51 bits per heavy atom. The molecule has 0 aliphatic carbocycles. The summed E-state index contributed by atoms with van der Waals surface area (Å²) in [4.78, 5) is 16.5. The SMILES string of the molecule is COc1cc(C=CC(=O)Nc2ccccc2-n2cncn2)ccc1OS(=O)(=O)c1ccc(C)cc1. The molecule has 0 radical (unpaired) electrons. The number of hydrogen-bond donors (Lipinski definition) is 1. The standard InChI is InChI=1S/C25H22N4O5S/c1-18-7-11-20(12-8-18)35(31,32)34-23-13-9-19(15-24(23)33-2)10-14-25(30)28-21-5-3-4-6-22(21)29-17-26-16-27-29/h3-17H,1-2H3,(H,28,30). The fourth-order valence-corrected chi connectivity index (χ4v) is 4.13. The summed E-state index contributed by atoms with van der Waals surface area (Å²) in [6.07, 6.45) is 5.88. The van der Waals surface area contributed by atoms with Gasteiger partial charge in [0.25, 0.3) is 0 Å². The van der Waals surface area contributed by atoms with Gasteiger partial charge in [0.2, 0.25) is 5.91 Å². The first kappa shape index (κ1) is 23.7. The van der Waals surface area contributed by atoms with E-state index in [1.54, 1.807) is 47.2 Å². The lowest BCUT2D eigenvalue weighted by molar-refractivity contribution is -0.111. The summed E-state index contributed by atoms with van der Waals surface area (Å²) in [6, 6.07) is 18.2. The number of rotatable bonds is 8. The molecule has 35 heavy (non-hydrogen) atoms. The molecule has 1 N–H and O–H groups in total. The summed E-state index contributed by atoms with van der Waals surface area (Å²) in [5, 5.41) is 6.90. The third kappa shape index (κ3) is 5.74. The minimum atomic E-state index is -4.03. The number of amides is 1. The highest BCUT2D eigenvalue weighted by atomic mass is 32.2. The van der Waals surface area contributed by atoms with Crippen molar-refractivity contribution in [3.05, 3.63) is 96.6 Å². The minimum Gasteiger partial charge on any atom is -0.493 e. The Morgan fingerprint density at radius 2 is 1.80 bits per heavy atom. The monoisotopic (exact) mass is 490 g/mol. The number of aromatic nitrogens is 3. The molecule has 9 nitrogen and oxygen atoms in total. The molecule has 4 aromatic rings. The van der Waals surface area contributed by atoms with E-state index in [1.165, 1.54) is 44.0 Å². The molecular formula is C25H22N4O5S. The summed E-state index contributed by atoms with van der Waals surface area (Å²) in [5.41, 5.74) is 2.78. The lowest BCUT2D eigenvalue weighted by atomic mass is 10.2. The molecular weight excluding hydrogens is 468 g/mol. The predicted octanol–water partition coefficient (Wildman–Crippen LogP) is 4.00. The van der Waals surface area contributed by atoms with Gasteiger partial charge in [-0.2, -0.15) is 13.5 Å². The second kappa shape index (κ2) is 10.2. The summed E-state index contributed by atoms with van der Waals surface area (Å²) >= 11 is 0. The molecule has 1 heterocycles. The second-order valence-corrected chi connectivity index (χ2v) is 8.99. The van der Waals surface area contributed by atoms with Gasteiger partial charge in [0.1, 0.15) is 17.6 Å². The van der Waals surface area contributed by atoms with Crippen LogP contribution >= 0.6 is 0 Å². The van der Waals surface area contributed by atoms with E-state index in [1.807, 2.05) is 19.1 Å². The van der Waals surface area contributed by atoms with Gasteiger partial charge in [-0.1, -0.05) is 35.9 Å². The molecule has 0 bridgehead atoms. The molecule has 0 spiro atoms. The van der Waals surface area contributed by atoms with E-state index in [-0.39, 0.29) is 22.3 Å². The van der Waals surface area contributed by atoms with Crippen molar-refractivity contribution in [1.82, 2.24) is 14.8 Å². The van der Waals surface area contributed by atoms with Gasteiger partial charge < -0.3 is 14.2 Å². The highest BCUT2D eigenvalue weighted by Gasteiger charge is 2.19. The van der Waals surface area contributed by atoms with Crippen molar-refractivity contribution in [1.29, 1.82) is 0 Å². The van der Waals surface area contributed by atoms with Gasteiger partial charge in [0, 0.05) is 6.08 Å². The highest BCUT2D eigenvalue weighted by molar-refractivity contribution is 7.87. The van der Waals surface area contributed by atoms with Crippen LogP contribution in [0.2, 0.25) is 0 Å². The van der Waals surface area contributed by atoms with Gasteiger partial charge in [-0.05, 0) is 55.0 Å². The van der Waals surface area contributed by atoms with E-state index in [4.69, 9.17) is 8.92 Å². The highest BCUT2D eigenvalue weighted by Crippen LogP contribution is 2.31. The second-order valence-electron chi connectivity index (χ2n) is 7.44. The molecule has 0 aliphatic heterocycles. The molecule has 4 rings (SSSR count). The number of aryl methyl sites for hydroxylation is 1. The Labute approximate surface area is 202 Å². The number of ether oxygens (including phenoxy) is 1. The van der Waals surface area contributed by atoms with E-state index in [0.717, 1.165) is 5.56 Å². The zero-order chi connectivity index (χ0) is 24.8. The first-order valence-electron chi connectivity index (χ1n) is 10.5. The van der Waals surface area contributed by atoms with Crippen LogP contribution in [0.25, 0.3) is 11.8 Å². The van der Waals surface area contributed by atoms with Crippen LogP contribution in [-0.2, 0) is 14.9 Å². The molecule has 1 aromatic heterocycles. The average molecular weight is 491 g/mol. The summed E-state index contributed by atoms with van der Waals surface area (Å²) in [6.45, 7) is 1.86. The van der Waals surface area contributed by atoms with Crippen LogP contribution in [-0.4, -0.2) is 36.2 Å². The van der Waals surface area contributed by atoms with Crippen LogP contribution in [0.5, 0.6) is 11.5 Å². The number of benzene rings is 3. The van der Waals surface area contributed by atoms with Gasteiger partial charge in [-0.25, -0.2) is 9.67 Å². The topological polar surface area (TPSA) is 112 Å². The Kier molecular flexibility index (Phi) is 6.93. The zero-order valence-electron chi connectivity index (χ0n) is 19.0. The quantitative estimate of drug-likeness (QED) is 0.293. The average Bonchev–Trinajstić information content (AvgIpc) is 3.39. The van der Waals surface area contributed by atoms with Crippen molar-refractivity contribution in [3.8, 4) is 17.2 Å². The molecule has 0 saturated heterocycles. The normalized spacial score (nSPS) is 11.4.